The van der Waals surface area contributed by atoms with Crippen LogP contribution in [0.25, 0.3) is 0 Å². The highest BCUT2D eigenvalue weighted by Gasteiger charge is 2.26. The fraction of sp³-hybridized carbons (Fsp3) is 1.00. The van der Waals surface area contributed by atoms with Crippen molar-refractivity contribution in [2.24, 2.45) is 5.92 Å². The second-order valence-electron chi connectivity index (χ2n) is 6.70. The number of hydrogen-bond acceptors (Lipinski definition) is 3. The van der Waals surface area contributed by atoms with Gasteiger partial charge in [0.25, 0.3) is 0 Å². The maximum Gasteiger partial charge on any atom is 0.0610 e. The Balaban J connectivity index is 2.23. The van der Waals surface area contributed by atoms with Crippen molar-refractivity contribution < 1.29 is 5.11 Å². The number of rotatable bonds is 9. The number of unbranched alkanes of at least 4 members (excludes halogenated alkanes) is 1. The minimum absolute atomic E-state index is 0.0861. The number of aliphatic hydroxyl groups is 1. The van der Waals surface area contributed by atoms with Crippen LogP contribution in [-0.4, -0.2) is 47.8 Å². The van der Waals surface area contributed by atoms with Crippen molar-refractivity contribution in [2.75, 3.05) is 26.2 Å². The van der Waals surface area contributed by atoms with Crippen molar-refractivity contribution in [3.63, 3.8) is 0 Å². The zero-order valence-electron chi connectivity index (χ0n) is 13.4. The molecule has 0 aliphatic carbocycles. The Hall–Kier alpha value is -0.120. The molecule has 19 heavy (non-hydrogen) atoms. The zero-order valence-corrected chi connectivity index (χ0v) is 13.4. The fourth-order valence-corrected chi connectivity index (χ4v) is 3.36. The molecule has 0 aromatic heterocycles. The molecule has 1 saturated heterocycles. The number of likely N-dealkylation sites (tertiary alicyclic amines) is 1. The van der Waals surface area contributed by atoms with Crippen LogP contribution in [0.2, 0.25) is 0 Å². The van der Waals surface area contributed by atoms with Gasteiger partial charge in [0, 0.05) is 11.6 Å². The van der Waals surface area contributed by atoms with Crippen LogP contribution >= 0.6 is 0 Å². The van der Waals surface area contributed by atoms with Gasteiger partial charge in [0.2, 0.25) is 0 Å². The van der Waals surface area contributed by atoms with E-state index in [9.17, 15) is 5.11 Å². The van der Waals surface area contributed by atoms with Crippen LogP contribution < -0.4 is 5.32 Å². The van der Waals surface area contributed by atoms with Crippen LogP contribution in [0, 0.1) is 5.92 Å². The third-order valence-corrected chi connectivity index (χ3v) is 4.56. The van der Waals surface area contributed by atoms with E-state index in [1.807, 2.05) is 0 Å². The monoisotopic (exact) mass is 270 g/mol. The Morgan fingerprint density at radius 3 is 2.68 bits per heavy atom. The van der Waals surface area contributed by atoms with Crippen molar-refractivity contribution in [1.82, 2.24) is 10.2 Å². The highest BCUT2D eigenvalue weighted by atomic mass is 16.3. The summed E-state index contributed by atoms with van der Waals surface area (Å²) < 4.78 is 0. The second kappa shape index (κ2) is 8.23. The molecule has 0 bridgehead atoms. The Morgan fingerprint density at radius 2 is 2.11 bits per heavy atom. The quantitative estimate of drug-likeness (QED) is 0.632. The lowest BCUT2D eigenvalue weighted by atomic mass is 9.95. The molecule has 0 saturated carbocycles. The van der Waals surface area contributed by atoms with Crippen molar-refractivity contribution in [2.45, 2.75) is 71.4 Å². The highest BCUT2D eigenvalue weighted by molar-refractivity contribution is 4.83. The van der Waals surface area contributed by atoms with E-state index in [0.29, 0.717) is 0 Å². The predicted molar refractivity (Wildman–Crippen MR) is 82.5 cm³/mol. The van der Waals surface area contributed by atoms with Gasteiger partial charge >= 0.3 is 0 Å². The minimum Gasteiger partial charge on any atom is -0.394 e. The van der Waals surface area contributed by atoms with E-state index in [4.69, 9.17) is 0 Å². The summed E-state index contributed by atoms with van der Waals surface area (Å²) in [7, 11) is 0. The topological polar surface area (TPSA) is 35.5 Å². The summed E-state index contributed by atoms with van der Waals surface area (Å²) in [4.78, 5) is 2.67. The first-order valence-electron chi connectivity index (χ1n) is 8.12. The van der Waals surface area contributed by atoms with E-state index in [1.165, 1.54) is 38.8 Å². The third-order valence-electron chi connectivity index (χ3n) is 4.56. The maximum atomic E-state index is 9.47. The largest absolute Gasteiger partial charge is 0.394 e. The smallest absolute Gasteiger partial charge is 0.0610 e. The molecule has 0 aromatic rings. The molecule has 3 nitrogen and oxygen atoms in total. The molecule has 2 N–H and O–H groups in total. The SMILES string of the molecule is CCNC(C)(CO)CCCCN1CCCC1C(C)C. The molecule has 1 rings (SSSR count). The Kier molecular flexibility index (Phi) is 7.33. The zero-order chi connectivity index (χ0) is 14.3. The first-order chi connectivity index (χ1) is 9.02. The number of likely N-dealkylation sites (N-methyl/N-ethyl adjacent to an activating group) is 1. The van der Waals surface area contributed by atoms with Crippen LogP contribution in [0.1, 0.15) is 59.8 Å². The summed E-state index contributed by atoms with van der Waals surface area (Å²) in [5.41, 5.74) is -0.0861. The average molecular weight is 270 g/mol. The molecule has 1 fully saturated rings. The summed E-state index contributed by atoms with van der Waals surface area (Å²) >= 11 is 0. The molecule has 1 aliphatic rings. The van der Waals surface area contributed by atoms with Crippen LogP contribution in [0.3, 0.4) is 0 Å². The molecule has 3 heteroatoms. The molecule has 0 aromatic carbocycles. The second-order valence-corrected chi connectivity index (χ2v) is 6.70. The Labute approximate surface area is 119 Å². The van der Waals surface area contributed by atoms with E-state index >= 15 is 0 Å². The van der Waals surface area contributed by atoms with Crippen molar-refractivity contribution in [1.29, 1.82) is 0 Å². The Morgan fingerprint density at radius 1 is 1.37 bits per heavy atom. The van der Waals surface area contributed by atoms with Gasteiger partial charge in [-0.2, -0.15) is 0 Å². The van der Waals surface area contributed by atoms with Gasteiger partial charge in [0.1, 0.15) is 0 Å². The highest BCUT2D eigenvalue weighted by Crippen LogP contribution is 2.24. The minimum atomic E-state index is -0.0861. The maximum absolute atomic E-state index is 9.47. The van der Waals surface area contributed by atoms with E-state index in [2.05, 4.69) is 37.9 Å². The number of nitrogens with one attached hydrogen (secondary N) is 1. The van der Waals surface area contributed by atoms with Gasteiger partial charge in [-0.1, -0.05) is 27.2 Å². The van der Waals surface area contributed by atoms with Crippen LogP contribution in [0.5, 0.6) is 0 Å². The van der Waals surface area contributed by atoms with Gasteiger partial charge in [-0.25, -0.2) is 0 Å². The molecule has 0 radical (unpaired) electrons. The van der Waals surface area contributed by atoms with E-state index in [1.54, 1.807) is 0 Å². The van der Waals surface area contributed by atoms with Gasteiger partial charge in [-0.15, -0.1) is 0 Å². The molecule has 1 heterocycles. The van der Waals surface area contributed by atoms with Crippen LogP contribution in [0.4, 0.5) is 0 Å². The molecular formula is C16H34N2O. The first-order valence-corrected chi connectivity index (χ1v) is 8.12. The summed E-state index contributed by atoms with van der Waals surface area (Å²) in [6.45, 7) is 12.6. The Bertz CT molecular complexity index is 245. The fourth-order valence-electron chi connectivity index (χ4n) is 3.36. The van der Waals surface area contributed by atoms with Crippen LogP contribution in [-0.2, 0) is 0 Å². The third kappa shape index (κ3) is 5.41. The van der Waals surface area contributed by atoms with Crippen LogP contribution in [0.15, 0.2) is 0 Å². The summed E-state index contributed by atoms with van der Waals surface area (Å²) in [5.74, 6) is 0.784. The molecule has 0 spiro atoms. The number of nitrogens with zero attached hydrogens (tertiary/aromatic N) is 1. The first kappa shape index (κ1) is 16.9. The molecule has 2 atom stereocenters. The van der Waals surface area contributed by atoms with Crippen molar-refractivity contribution in [3.8, 4) is 0 Å². The lowest BCUT2D eigenvalue weighted by Crippen LogP contribution is -2.45. The molecule has 2 unspecified atom stereocenters. The van der Waals surface area contributed by atoms with Gasteiger partial charge in [0.05, 0.1) is 6.61 Å². The predicted octanol–water partition coefficient (Wildman–Crippen LogP) is 2.64. The molecule has 1 aliphatic heterocycles. The van der Waals surface area contributed by atoms with E-state index in [-0.39, 0.29) is 12.1 Å². The van der Waals surface area contributed by atoms with E-state index < -0.39 is 0 Å². The summed E-state index contributed by atoms with van der Waals surface area (Å²) in [6.07, 6.45) is 6.27. The van der Waals surface area contributed by atoms with Crippen molar-refractivity contribution in [3.05, 3.63) is 0 Å². The van der Waals surface area contributed by atoms with Crippen molar-refractivity contribution >= 4 is 0 Å². The molecule has 0 amide bonds. The molecular weight excluding hydrogens is 236 g/mol. The number of hydrogen-bond donors (Lipinski definition) is 2. The summed E-state index contributed by atoms with van der Waals surface area (Å²) in [5, 5.41) is 12.9. The normalized spacial score (nSPS) is 24.0. The van der Waals surface area contributed by atoms with Gasteiger partial charge in [-0.05, 0) is 58.2 Å². The lowest BCUT2D eigenvalue weighted by Gasteiger charge is -2.30. The lowest BCUT2D eigenvalue weighted by molar-refractivity contribution is 0.159. The number of aliphatic hydroxyl groups excluding tert-OH is 1. The van der Waals surface area contributed by atoms with E-state index in [0.717, 1.165) is 24.9 Å². The standard InChI is InChI=1S/C16H34N2O/c1-5-17-16(4,13-19)10-6-7-11-18-12-8-9-15(18)14(2)3/h14-15,17,19H,5-13H2,1-4H3. The molecule has 114 valence electrons. The average Bonchev–Trinajstić information content (AvgIpc) is 2.83. The summed E-state index contributed by atoms with van der Waals surface area (Å²) in [6, 6.07) is 0.804. The van der Waals surface area contributed by atoms with Gasteiger partial charge in [-0.3, -0.25) is 0 Å². The van der Waals surface area contributed by atoms with Gasteiger partial charge in [0.15, 0.2) is 0 Å². The van der Waals surface area contributed by atoms with Gasteiger partial charge < -0.3 is 15.3 Å².